The molecule has 5 heteroatoms. The third-order valence-corrected chi connectivity index (χ3v) is 17.8. The van der Waals surface area contributed by atoms with Gasteiger partial charge in [0.1, 0.15) is 11.2 Å². The molecule has 0 N–H and O–H groups in total. The Morgan fingerprint density at radius 2 is 0.906 bits per heavy atom. The molecule has 0 amide bonds. The van der Waals surface area contributed by atoms with E-state index in [-0.39, 0.29) is 16.2 Å². The summed E-state index contributed by atoms with van der Waals surface area (Å²) in [6.45, 7) is 33.0. The van der Waals surface area contributed by atoms with Gasteiger partial charge in [0.25, 0.3) is 0 Å². The highest BCUT2D eigenvalue weighted by Crippen LogP contribution is 2.57. The van der Waals surface area contributed by atoms with Gasteiger partial charge in [0, 0.05) is 44.8 Å². The molecule has 326 valence electrons. The van der Waals surface area contributed by atoms with Gasteiger partial charge in [0.05, 0.1) is 27.2 Å². The van der Waals surface area contributed by atoms with E-state index in [1.54, 1.807) is 0 Å². The lowest BCUT2D eigenvalue weighted by Crippen LogP contribution is -2.37. The van der Waals surface area contributed by atoms with Gasteiger partial charge < -0.3 is 14.2 Å². The molecule has 0 radical (unpaired) electrons. The van der Waals surface area contributed by atoms with E-state index in [2.05, 4.69) is 250 Å². The van der Waals surface area contributed by atoms with Gasteiger partial charge in [-0.05, 0) is 111 Å². The fourth-order valence-electron chi connectivity index (χ4n) is 9.68. The summed E-state index contributed by atoms with van der Waals surface area (Å²) in [5.74, 6) is 0. The van der Waals surface area contributed by atoms with E-state index in [4.69, 9.17) is 4.42 Å². The second kappa shape index (κ2) is 15.2. The average molecular weight is 875 g/mol. The van der Waals surface area contributed by atoms with Crippen molar-refractivity contribution in [1.82, 2.24) is 0 Å². The highest BCUT2D eigenvalue weighted by Gasteiger charge is 2.40. The predicted octanol–water partition coefficient (Wildman–Crippen LogP) is 16.5. The highest BCUT2D eigenvalue weighted by molar-refractivity contribution is 6.89. The summed E-state index contributed by atoms with van der Waals surface area (Å²) in [4.78, 5) is 4.91. The van der Waals surface area contributed by atoms with E-state index < -0.39 is 16.1 Å². The number of benzene rings is 7. The molecule has 7 aromatic carbocycles. The fourth-order valence-corrected chi connectivity index (χ4v) is 12.0. The molecule has 0 bridgehead atoms. The van der Waals surface area contributed by atoms with Gasteiger partial charge in [-0.25, -0.2) is 0 Å². The fraction of sp³-hybridized carbons (Fsp3) is 0.288. The number of para-hydroxylation sites is 1. The van der Waals surface area contributed by atoms with Crippen LogP contribution in [0.2, 0.25) is 39.3 Å². The molecule has 3 nitrogen and oxygen atoms in total. The summed E-state index contributed by atoms with van der Waals surface area (Å²) in [6, 6.07) is 55.3. The molecule has 0 fully saturated rings. The summed E-state index contributed by atoms with van der Waals surface area (Å²) in [7, 11) is -3.02. The van der Waals surface area contributed by atoms with Crippen molar-refractivity contribution in [1.29, 1.82) is 0 Å². The molecule has 1 aliphatic rings. The van der Waals surface area contributed by atoms with Crippen molar-refractivity contribution in [3.05, 3.63) is 168 Å². The molecule has 0 saturated heterocycles. The van der Waals surface area contributed by atoms with Crippen molar-refractivity contribution >= 4 is 82.6 Å². The summed E-state index contributed by atoms with van der Waals surface area (Å²) < 4.78 is 7.10. The van der Waals surface area contributed by atoms with Crippen LogP contribution in [0.25, 0.3) is 33.1 Å². The van der Waals surface area contributed by atoms with Gasteiger partial charge in [-0.15, -0.1) is 0 Å². The minimum absolute atomic E-state index is 0.0431. The van der Waals surface area contributed by atoms with Crippen molar-refractivity contribution in [3.63, 3.8) is 0 Å². The van der Waals surface area contributed by atoms with Gasteiger partial charge in [-0.2, -0.15) is 0 Å². The van der Waals surface area contributed by atoms with Gasteiger partial charge in [-0.1, -0.05) is 178 Å². The molecule has 64 heavy (non-hydrogen) atoms. The van der Waals surface area contributed by atoms with Crippen LogP contribution in [0.4, 0.5) is 34.1 Å². The van der Waals surface area contributed by atoms with Crippen LogP contribution in [0.1, 0.15) is 77.6 Å². The average Bonchev–Trinajstić information content (AvgIpc) is 3.73. The van der Waals surface area contributed by atoms with Crippen LogP contribution in [0, 0.1) is 0 Å². The lowest BCUT2D eigenvalue weighted by molar-refractivity contribution is 0.590. The molecule has 8 aromatic rings. The molecule has 0 aliphatic heterocycles. The number of nitrogens with zero attached hydrogens (tertiary/aromatic N) is 2. The maximum atomic E-state index is 7.10. The zero-order valence-corrected chi connectivity index (χ0v) is 42.7. The zero-order valence-electron chi connectivity index (χ0n) is 40.7. The molecule has 0 atom stereocenters. The molecule has 0 unspecified atom stereocenters. The summed E-state index contributed by atoms with van der Waals surface area (Å²) in [5.41, 5.74) is 16.1. The number of hydrogen-bond acceptors (Lipinski definition) is 3. The second-order valence-corrected chi connectivity index (χ2v) is 33.0. The van der Waals surface area contributed by atoms with Crippen LogP contribution in [0.3, 0.4) is 0 Å². The molecular weight excluding hydrogens is 809 g/mol. The largest absolute Gasteiger partial charge is 0.455 e. The normalized spacial score (nSPS) is 13.9. The molecule has 0 saturated carbocycles. The van der Waals surface area contributed by atoms with Gasteiger partial charge in [0.2, 0.25) is 0 Å². The molecule has 1 heterocycles. The Hall–Kier alpha value is -5.63. The number of rotatable bonds is 8. The smallest absolute Gasteiger partial charge is 0.145 e. The Morgan fingerprint density at radius 1 is 0.469 bits per heavy atom. The van der Waals surface area contributed by atoms with Crippen molar-refractivity contribution in [2.24, 2.45) is 0 Å². The Bertz CT molecular complexity index is 2910. The van der Waals surface area contributed by atoms with E-state index in [1.165, 1.54) is 43.8 Å². The van der Waals surface area contributed by atoms with E-state index in [9.17, 15) is 0 Å². The number of fused-ring (bicyclic) bond motifs is 7. The Balaban J connectivity index is 1.26. The minimum Gasteiger partial charge on any atom is -0.455 e. The molecule has 1 aromatic heterocycles. The standard InChI is InChI=1S/C59H66N2OSi2/c1-57(2,3)39-19-23-41(24-20-39)60(42-27-32-46(33-28-42)63(9,10)11)45-31-36-48-50(37-45)59(7,8)51-38-52(55-49-17-15-16-18-53(49)62-56(55)54(48)51)61(43-25-21-40(22-26-43)58(4,5)6)44-29-34-47(35-30-44)64(12,13)14/h15-38H,1-14H3. The minimum atomic E-state index is -1.53. The first-order chi connectivity index (χ1) is 30.0. The maximum Gasteiger partial charge on any atom is 0.145 e. The van der Waals surface area contributed by atoms with E-state index in [0.29, 0.717) is 0 Å². The van der Waals surface area contributed by atoms with E-state index >= 15 is 0 Å². The van der Waals surface area contributed by atoms with Crippen LogP contribution in [0.5, 0.6) is 0 Å². The zero-order chi connectivity index (χ0) is 45.7. The lowest BCUT2D eigenvalue weighted by atomic mass is 9.81. The summed E-state index contributed by atoms with van der Waals surface area (Å²) >= 11 is 0. The quantitative estimate of drug-likeness (QED) is 0.142. The SMILES string of the molecule is CC(C)(C)c1ccc(N(c2ccc([Si](C)(C)C)cc2)c2ccc3c(c2)C(C)(C)c2cc(N(c4ccc(C(C)(C)C)cc4)c4ccc([Si](C)(C)C)cc4)c4c(oc5ccccc54)c2-3)cc1. The number of anilines is 6. The van der Waals surface area contributed by atoms with Crippen molar-refractivity contribution in [2.75, 3.05) is 9.80 Å². The van der Waals surface area contributed by atoms with Crippen molar-refractivity contribution in [2.45, 2.75) is 111 Å². The van der Waals surface area contributed by atoms with Crippen LogP contribution in [-0.2, 0) is 16.2 Å². The Labute approximate surface area is 384 Å². The van der Waals surface area contributed by atoms with Crippen molar-refractivity contribution < 1.29 is 4.42 Å². The van der Waals surface area contributed by atoms with Gasteiger partial charge in [0.15, 0.2) is 0 Å². The van der Waals surface area contributed by atoms with Crippen molar-refractivity contribution in [3.8, 4) is 11.1 Å². The van der Waals surface area contributed by atoms with Crippen LogP contribution in [0.15, 0.2) is 150 Å². The molecule has 1 aliphatic carbocycles. The van der Waals surface area contributed by atoms with E-state index in [0.717, 1.165) is 56.1 Å². The summed E-state index contributed by atoms with van der Waals surface area (Å²) in [6.07, 6.45) is 0. The first-order valence-electron chi connectivity index (χ1n) is 23.2. The Morgan fingerprint density at radius 3 is 1.38 bits per heavy atom. The Kier molecular flexibility index (Phi) is 10.4. The van der Waals surface area contributed by atoms with Gasteiger partial charge in [-0.3, -0.25) is 0 Å². The van der Waals surface area contributed by atoms with Gasteiger partial charge >= 0.3 is 0 Å². The monoisotopic (exact) mass is 874 g/mol. The molecule has 9 rings (SSSR count). The third kappa shape index (κ3) is 7.64. The van der Waals surface area contributed by atoms with Crippen LogP contribution < -0.4 is 20.2 Å². The van der Waals surface area contributed by atoms with Crippen LogP contribution in [-0.4, -0.2) is 16.1 Å². The first kappa shape index (κ1) is 43.6. The lowest BCUT2D eigenvalue weighted by Gasteiger charge is -2.30. The molecule has 0 spiro atoms. The van der Waals surface area contributed by atoms with E-state index in [1.807, 2.05) is 0 Å². The molecular formula is C59H66N2OSi2. The predicted molar refractivity (Wildman–Crippen MR) is 284 cm³/mol. The number of hydrogen-bond donors (Lipinski definition) is 0. The topological polar surface area (TPSA) is 19.6 Å². The highest BCUT2D eigenvalue weighted by atomic mass is 28.3. The second-order valence-electron chi connectivity index (χ2n) is 22.8. The first-order valence-corrected chi connectivity index (χ1v) is 30.2. The maximum absolute atomic E-state index is 7.10. The summed E-state index contributed by atoms with van der Waals surface area (Å²) in [5, 5.41) is 5.17. The van der Waals surface area contributed by atoms with Crippen LogP contribution >= 0.6 is 0 Å². The third-order valence-electron chi connectivity index (χ3n) is 13.7. The number of furan rings is 1.